The van der Waals surface area contributed by atoms with E-state index in [1.165, 1.54) is 0 Å². The Labute approximate surface area is 114 Å². The van der Waals surface area contributed by atoms with Crippen LogP contribution < -0.4 is 14.8 Å². The highest BCUT2D eigenvalue weighted by Crippen LogP contribution is 2.28. The van der Waals surface area contributed by atoms with E-state index in [1.807, 2.05) is 18.2 Å². The Hall–Kier alpha value is -1.46. The van der Waals surface area contributed by atoms with Crippen LogP contribution in [0.15, 0.2) is 18.2 Å². The van der Waals surface area contributed by atoms with Crippen molar-refractivity contribution in [2.24, 2.45) is 0 Å². The van der Waals surface area contributed by atoms with Crippen molar-refractivity contribution in [3.63, 3.8) is 0 Å². The van der Waals surface area contributed by atoms with E-state index >= 15 is 0 Å². The third-order valence-electron chi connectivity index (χ3n) is 3.26. The van der Waals surface area contributed by atoms with Crippen LogP contribution in [0.2, 0.25) is 0 Å². The van der Waals surface area contributed by atoms with E-state index in [2.05, 4.69) is 10.2 Å². The SMILES string of the molecule is COc1ccc(NCCN2CCOCC2)c(OC)c1. The number of nitrogens with one attached hydrogen (secondary N) is 1. The minimum atomic E-state index is 0.801. The molecule has 0 unspecified atom stereocenters. The molecule has 106 valence electrons. The largest absolute Gasteiger partial charge is 0.497 e. The molecule has 0 bridgehead atoms. The second-order valence-corrected chi connectivity index (χ2v) is 4.45. The van der Waals surface area contributed by atoms with Gasteiger partial charge in [-0.15, -0.1) is 0 Å². The van der Waals surface area contributed by atoms with E-state index in [9.17, 15) is 0 Å². The number of hydrogen-bond donors (Lipinski definition) is 1. The molecular weight excluding hydrogens is 244 g/mol. The maximum Gasteiger partial charge on any atom is 0.145 e. The number of ether oxygens (including phenoxy) is 3. The first kappa shape index (κ1) is 14.0. The molecule has 1 aromatic carbocycles. The summed E-state index contributed by atoms with van der Waals surface area (Å²) < 4.78 is 15.9. The molecule has 0 atom stereocenters. The normalized spacial score (nSPS) is 16.1. The fraction of sp³-hybridized carbons (Fsp3) is 0.571. The number of anilines is 1. The van der Waals surface area contributed by atoms with Gasteiger partial charge in [-0.2, -0.15) is 0 Å². The van der Waals surface area contributed by atoms with Gasteiger partial charge in [0.2, 0.25) is 0 Å². The molecule has 0 amide bonds. The predicted octanol–water partition coefficient (Wildman–Crippen LogP) is 1.45. The molecule has 1 aliphatic rings. The molecule has 1 N–H and O–H groups in total. The fourth-order valence-electron chi connectivity index (χ4n) is 2.12. The molecule has 1 fully saturated rings. The van der Waals surface area contributed by atoms with Crippen LogP contribution in [0.25, 0.3) is 0 Å². The third-order valence-corrected chi connectivity index (χ3v) is 3.26. The molecule has 5 heteroatoms. The smallest absolute Gasteiger partial charge is 0.145 e. The third kappa shape index (κ3) is 4.01. The highest BCUT2D eigenvalue weighted by molar-refractivity contribution is 5.59. The van der Waals surface area contributed by atoms with Crippen molar-refractivity contribution in [1.82, 2.24) is 4.90 Å². The topological polar surface area (TPSA) is 43.0 Å². The van der Waals surface area contributed by atoms with Crippen LogP contribution in [0.3, 0.4) is 0 Å². The highest BCUT2D eigenvalue weighted by Gasteiger charge is 2.10. The van der Waals surface area contributed by atoms with Crippen molar-refractivity contribution >= 4 is 5.69 Å². The summed E-state index contributed by atoms with van der Waals surface area (Å²) in [7, 11) is 3.32. The summed E-state index contributed by atoms with van der Waals surface area (Å²) in [4.78, 5) is 2.40. The maximum absolute atomic E-state index is 5.35. The van der Waals surface area contributed by atoms with Gasteiger partial charge in [0, 0.05) is 32.2 Å². The molecule has 0 saturated carbocycles. The molecule has 2 rings (SSSR count). The zero-order valence-corrected chi connectivity index (χ0v) is 11.6. The molecule has 1 heterocycles. The van der Waals surface area contributed by atoms with Crippen LogP contribution >= 0.6 is 0 Å². The summed E-state index contributed by atoms with van der Waals surface area (Å²) in [6.07, 6.45) is 0. The lowest BCUT2D eigenvalue weighted by atomic mass is 10.2. The van der Waals surface area contributed by atoms with Crippen molar-refractivity contribution in [2.75, 3.05) is 58.9 Å². The van der Waals surface area contributed by atoms with Gasteiger partial charge in [0.1, 0.15) is 11.5 Å². The van der Waals surface area contributed by atoms with Gasteiger partial charge in [-0.25, -0.2) is 0 Å². The van der Waals surface area contributed by atoms with Crippen molar-refractivity contribution in [3.8, 4) is 11.5 Å². The summed E-state index contributed by atoms with van der Waals surface area (Å²) >= 11 is 0. The number of methoxy groups -OCH3 is 2. The van der Waals surface area contributed by atoms with Crippen LogP contribution in [0, 0.1) is 0 Å². The Morgan fingerprint density at radius 3 is 2.68 bits per heavy atom. The van der Waals surface area contributed by atoms with Gasteiger partial charge < -0.3 is 19.5 Å². The Kier molecular flexibility index (Phi) is 5.30. The summed E-state index contributed by atoms with van der Waals surface area (Å²) in [5, 5.41) is 3.40. The summed E-state index contributed by atoms with van der Waals surface area (Å²) in [5.41, 5.74) is 0.997. The van der Waals surface area contributed by atoms with Crippen molar-refractivity contribution in [1.29, 1.82) is 0 Å². The zero-order chi connectivity index (χ0) is 13.5. The Morgan fingerprint density at radius 1 is 1.21 bits per heavy atom. The average molecular weight is 266 g/mol. The second kappa shape index (κ2) is 7.21. The molecule has 1 aliphatic heterocycles. The average Bonchev–Trinajstić information content (AvgIpc) is 2.48. The zero-order valence-electron chi connectivity index (χ0n) is 11.6. The van der Waals surface area contributed by atoms with Crippen LogP contribution in [0.1, 0.15) is 0 Å². The number of morpholine rings is 1. The molecular formula is C14H22N2O3. The fourth-order valence-corrected chi connectivity index (χ4v) is 2.12. The minimum Gasteiger partial charge on any atom is -0.497 e. The van der Waals surface area contributed by atoms with Crippen LogP contribution in [0.5, 0.6) is 11.5 Å². The molecule has 0 radical (unpaired) electrons. The first-order valence-corrected chi connectivity index (χ1v) is 6.59. The van der Waals surface area contributed by atoms with Gasteiger partial charge in [0.25, 0.3) is 0 Å². The molecule has 1 saturated heterocycles. The van der Waals surface area contributed by atoms with E-state index in [-0.39, 0.29) is 0 Å². The summed E-state index contributed by atoms with van der Waals surface area (Å²) in [6.45, 7) is 5.61. The van der Waals surface area contributed by atoms with Gasteiger partial charge in [-0.1, -0.05) is 0 Å². The molecule has 5 nitrogen and oxygen atoms in total. The Bertz CT molecular complexity index is 392. The van der Waals surface area contributed by atoms with E-state index in [0.717, 1.165) is 56.6 Å². The number of benzene rings is 1. The van der Waals surface area contributed by atoms with Gasteiger partial charge in [-0.3, -0.25) is 4.90 Å². The summed E-state index contributed by atoms with van der Waals surface area (Å²) in [5.74, 6) is 1.61. The molecule has 0 aliphatic carbocycles. The quantitative estimate of drug-likeness (QED) is 0.844. The monoisotopic (exact) mass is 266 g/mol. The lowest BCUT2D eigenvalue weighted by Crippen LogP contribution is -2.39. The lowest BCUT2D eigenvalue weighted by Gasteiger charge is -2.26. The van der Waals surface area contributed by atoms with Gasteiger partial charge >= 0.3 is 0 Å². The van der Waals surface area contributed by atoms with Gasteiger partial charge in [0.05, 0.1) is 33.1 Å². The maximum atomic E-state index is 5.35. The lowest BCUT2D eigenvalue weighted by molar-refractivity contribution is 0.0398. The van der Waals surface area contributed by atoms with Crippen LogP contribution in [-0.2, 0) is 4.74 Å². The van der Waals surface area contributed by atoms with Crippen LogP contribution in [-0.4, -0.2) is 58.5 Å². The van der Waals surface area contributed by atoms with Gasteiger partial charge in [0.15, 0.2) is 0 Å². The van der Waals surface area contributed by atoms with E-state index in [1.54, 1.807) is 14.2 Å². The molecule has 0 spiro atoms. The number of rotatable bonds is 6. The predicted molar refractivity (Wildman–Crippen MR) is 75.3 cm³/mol. The van der Waals surface area contributed by atoms with E-state index < -0.39 is 0 Å². The van der Waals surface area contributed by atoms with Gasteiger partial charge in [-0.05, 0) is 12.1 Å². The summed E-state index contributed by atoms with van der Waals surface area (Å²) in [6, 6.07) is 5.80. The van der Waals surface area contributed by atoms with Crippen molar-refractivity contribution < 1.29 is 14.2 Å². The highest BCUT2D eigenvalue weighted by atomic mass is 16.5. The standard InChI is InChI=1S/C14H22N2O3/c1-17-12-3-4-13(14(11-12)18-2)15-5-6-16-7-9-19-10-8-16/h3-4,11,15H,5-10H2,1-2H3. The minimum absolute atomic E-state index is 0.801. The molecule has 1 aromatic rings. The first-order valence-electron chi connectivity index (χ1n) is 6.59. The second-order valence-electron chi connectivity index (χ2n) is 4.45. The molecule has 0 aromatic heterocycles. The van der Waals surface area contributed by atoms with Crippen LogP contribution in [0.4, 0.5) is 5.69 Å². The van der Waals surface area contributed by atoms with Crippen molar-refractivity contribution in [3.05, 3.63) is 18.2 Å². The van der Waals surface area contributed by atoms with E-state index in [0.29, 0.717) is 0 Å². The molecule has 19 heavy (non-hydrogen) atoms. The van der Waals surface area contributed by atoms with E-state index in [4.69, 9.17) is 14.2 Å². The first-order chi connectivity index (χ1) is 9.33. The van der Waals surface area contributed by atoms with Crippen molar-refractivity contribution in [2.45, 2.75) is 0 Å². The Balaban J connectivity index is 1.84. The Morgan fingerprint density at radius 2 is 2.00 bits per heavy atom. The number of hydrogen-bond acceptors (Lipinski definition) is 5. The number of nitrogens with zero attached hydrogens (tertiary/aromatic N) is 1.